The first-order valence-corrected chi connectivity index (χ1v) is 4.13. The fourth-order valence-electron chi connectivity index (χ4n) is 0.740. The number of phenols is 1. The second-order valence-electron chi connectivity index (χ2n) is 2.21. The molecule has 0 aliphatic heterocycles. The van der Waals surface area contributed by atoms with E-state index in [2.05, 4.69) is 0 Å². The van der Waals surface area contributed by atoms with Crippen LogP contribution in [0, 0.1) is 0 Å². The fourth-order valence-corrected chi connectivity index (χ4v) is 0.740. The van der Waals surface area contributed by atoms with Crippen LogP contribution in [0.25, 0.3) is 0 Å². The van der Waals surface area contributed by atoms with E-state index in [0.717, 1.165) is 0 Å². The summed E-state index contributed by atoms with van der Waals surface area (Å²) in [4.78, 5) is 0. The van der Waals surface area contributed by atoms with Crippen molar-refractivity contribution in [1.82, 2.24) is 0 Å². The maximum Gasteiger partial charge on any atom is 0.122 e. The summed E-state index contributed by atoms with van der Waals surface area (Å²) in [6.45, 7) is 5.46. The molecule has 0 heterocycles. The van der Waals surface area contributed by atoms with Gasteiger partial charge in [-0.2, -0.15) is 0 Å². The molecule has 0 amide bonds. The first-order valence-electron chi connectivity index (χ1n) is 4.13. The quantitative estimate of drug-likeness (QED) is 0.684. The number of hydrogen-bond acceptors (Lipinski definition) is 1. The Balaban J connectivity index is 0.000000561. The number of rotatable bonds is 1. The van der Waals surface area contributed by atoms with Gasteiger partial charge in [0.1, 0.15) is 11.9 Å². The number of alkyl halides is 1. The molecule has 2 heteroatoms. The van der Waals surface area contributed by atoms with E-state index in [1.807, 2.05) is 13.8 Å². The largest absolute Gasteiger partial charge is 0.508 e. The van der Waals surface area contributed by atoms with Crippen molar-refractivity contribution in [3.8, 4) is 5.75 Å². The molecular formula is C10H15FO. The highest BCUT2D eigenvalue weighted by molar-refractivity contribution is 5.26. The highest BCUT2D eigenvalue weighted by Gasteiger charge is 2.00. The van der Waals surface area contributed by atoms with Crippen LogP contribution in [0.3, 0.4) is 0 Å². The van der Waals surface area contributed by atoms with Crippen molar-refractivity contribution in [3.05, 3.63) is 29.8 Å². The predicted octanol–water partition coefficient (Wildman–Crippen LogP) is 3.45. The monoisotopic (exact) mass is 170 g/mol. The third-order valence-corrected chi connectivity index (χ3v) is 1.35. The van der Waals surface area contributed by atoms with Gasteiger partial charge in [-0.3, -0.25) is 0 Å². The van der Waals surface area contributed by atoms with Crippen LogP contribution >= 0.6 is 0 Å². The van der Waals surface area contributed by atoms with Gasteiger partial charge in [-0.25, -0.2) is 4.39 Å². The van der Waals surface area contributed by atoms with Gasteiger partial charge in [-0.15, -0.1) is 0 Å². The molecular weight excluding hydrogens is 155 g/mol. The summed E-state index contributed by atoms with van der Waals surface area (Å²) >= 11 is 0. The third kappa shape index (κ3) is 3.37. The van der Waals surface area contributed by atoms with Crippen molar-refractivity contribution in [3.63, 3.8) is 0 Å². The van der Waals surface area contributed by atoms with Gasteiger partial charge in [-0.1, -0.05) is 26.0 Å². The standard InChI is InChI=1S/C8H9FO.C2H6/c1-6(9)7-2-4-8(10)5-3-7;1-2/h2-6,10H,1H3;1-2H3. The van der Waals surface area contributed by atoms with Gasteiger partial charge in [0.25, 0.3) is 0 Å². The van der Waals surface area contributed by atoms with Gasteiger partial charge in [0.2, 0.25) is 0 Å². The first kappa shape index (κ1) is 11.0. The average Bonchev–Trinajstić information content (AvgIpc) is 2.09. The maximum atomic E-state index is 12.5. The van der Waals surface area contributed by atoms with E-state index >= 15 is 0 Å². The molecule has 12 heavy (non-hydrogen) atoms. The van der Waals surface area contributed by atoms with Crippen molar-refractivity contribution in [2.45, 2.75) is 26.9 Å². The van der Waals surface area contributed by atoms with Crippen LogP contribution in [0.2, 0.25) is 0 Å². The van der Waals surface area contributed by atoms with Crippen LogP contribution in [0.4, 0.5) is 4.39 Å². The molecule has 0 saturated heterocycles. The highest BCUT2D eigenvalue weighted by atomic mass is 19.1. The Bertz CT molecular complexity index is 204. The number of aromatic hydroxyl groups is 1. The lowest BCUT2D eigenvalue weighted by Gasteiger charge is -1.99. The smallest absolute Gasteiger partial charge is 0.122 e. The normalized spacial score (nSPS) is 11.3. The van der Waals surface area contributed by atoms with Crippen molar-refractivity contribution < 1.29 is 9.50 Å². The molecule has 1 aromatic carbocycles. The Kier molecular flexibility index (Phi) is 5.09. The van der Waals surface area contributed by atoms with E-state index < -0.39 is 6.17 Å². The topological polar surface area (TPSA) is 20.2 Å². The molecule has 1 unspecified atom stereocenters. The summed E-state index contributed by atoms with van der Waals surface area (Å²) in [5, 5.41) is 8.82. The fraction of sp³-hybridized carbons (Fsp3) is 0.400. The van der Waals surface area contributed by atoms with Crippen molar-refractivity contribution in [2.24, 2.45) is 0 Å². The second-order valence-corrected chi connectivity index (χ2v) is 2.21. The molecule has 1 aromatic rings. The number of phenolic OH excluding ortho intramolecular Hbond substituents is 1. The molecule has 1 rings (SSSR count). The SMILES string of the molecule is CC.CC(F)c1ccc(O)cc1. The first-order chi connectivity index (χ1) is 5.70. The highest BCUT2D eigenvalue weighted by Crippen LogP contribution is 2.18. The van der Waals surface area contributed by atoms with E-state index in [4.69, 9.17) is 5.11 Å². The van der Waals surface area contributed by atoms with E-state index in [1.165, 1.54) is 19.1 Å². The molecule has 1 nitrogen and oxygen atoms in total. The maximum absolute atomic E-state index is 12.5. The van der Waals surface area contributed by atoms with Crippen LogP contribution < -0.4 is 0 Å². The Morgan fingerprint density at radius 1 is 1.17 bits per heavy atom. The second kappa shape index (κ2) is 5.58. The van der Waals surface area contributed by atoms with E-state index in [1.54, 1.807) is 12.1 Å². The lowest BCUT2D eigenvalue weighted by molar-refractivity contribution is 0.373. The van der Waals surface area contributed by atoms with Crippen molar-refractivity contribution in [1.29, 1.82) is 0 Å². The lowest BCUT2D eigenvalue weighted by Crippen LogP contribution is -1.82. The average molecular weight is 170 g/mol. The van der Waals surface area contributed by atoms with Crippen molar-refractivity contribution >= 4 is 0 Å². The van der Waals surface area contributed by atoms with Crippen LogP contribution in [0.1, 0.15) is 32.5 Å². The molecule has 0 aliphatic rings. The minimum absolute atomic E-state index is 0.171. The van der Waals surface area contributed by atoms with Gasteiger partial charge in [-0.05, 0) is 24.6 Å². The molecule has 1 atom stereocenters. The molecule has 0 fully saturated rings. The predicted molar refractivity (Wildman–Crippen MR) is 49.0 cm³/mol. The van der Waals surface area contributed by atoms with Gasteiger partial charge in [0.15, 0.2) is 0 Å². The molecule has 0 aromatic heterocycles. The molecule has 0 radical (unpaired) electrons. The summed E-state index contributed by atoms with van der Waals surface area (Å²) in [7, 11) is 0. The zero-order valence-corrected chi connectivity index (χ0v) is 7.71. The van der Waals surface area contributed by atoms with E-state index in [-0.39, 0.29) is 5.75 Å². The lowest BCUT2D eigenvalue weighted by atomic mass is 10.1. The Labute approximate surface area is 72.9 Å². The molecule has 1 N–H and O–H groups in total. The minimum Gasteiger partial charge on any atom is -0.508 e. The zero-order valence-electron chi connectivity index (χ0n) is 7.71. The number of hydrogen-bond donors (Lipinski definition) is 1. The van der Waals surface area contributed by atoms with E-state index in [9.17, 15) is 4.39 Å². The third-order valence-electron chi connectivity index (χ3n) is 1.35. The Morgan fingerprint density at radius 3 is 1.92 bits per heavy atom. The molecule has 0 aliphatic carbocycles. The summed E-state index contributed by atoms with van der Waals surface area (Å²) in [5.74, 6) is 0.171. The number of halogens is 1. The van der Waals surface area contributed by atoms with Crippen molar-refractivity contribution in [2.75, 3.05) is 0 Å². The molecule has 0 bridgehead atoms. The summed E-state index contributed by atoms with van der Waals surface area (Å²) in [6, 6.07) is 6.09. The minimum atomic E-state index is -0.958. The number of benzene rings is 1. The Morgan fingerprint density at radius 2 is 1.58 bits per heavy atom. The van der Waals surface area contributed by atoms with E-state index in [0.29, 0.717) is 5.56 Å². The summed E-state index contributed by atoms with van der Waals surface area (Å²) < 4.78 is 12.5. The van der Waals surface area contributed by atoms with Gasteiger partial charge >= 0.3 is 0 Å². The summed E-state index contributed by atoms with van der Waals surface area (Å²) in [6.07, 6.45) is -0.958. The van der Waals surface area contributed by atoms with Crippen LogP contribution in [0.15, 0.2) is 24.3 Å². The van der Waals surface area contributed by atoms with Gasteiger partial charge < -0.3 is 5.11 Å². The molecule has 0 saturated carbocycles. The van der Waals surface area contributed by atoms with Crippen LogP contribution in [-0.4, -0.2) is 5.11 Å². The summed E-state index contributed by atoms with van der Waals surface area (Å²) in [5.41, 5.74) is 0.595. The van der Waals surface area contributed by atoms with Gasteiger partial charge in [0, 0.05) is 0 Å². The molecule has 68 valence electrons. The Hall–Kier alpha value is -1.05. The van der Waals surface area contributed by atoms with Gasteiger partial charge in [0.05, 0.1) is 0 Å². The molecule has 0 spiro atoms. The van der Waals surface area contributed by atoms with Crippen LogP contribution in [0.5, 0.6) is 5.75 Å². The zero-order chi connectivity index (χ0) is 9.56. The van der Waals surface area contributed by atoms with Crippen LogP contribution in [-0.2, 0) is 0 Å².